The van der Waals surface area contributed by atoms with Gasteiger partial charge in [-0.05, 0) is 24.8 Å². The van der Waals surface area contributed by atoms with E-state index in [1.165, 1.54) is 12.1 Å². The summed E-state index contributed by atoms with van der Waals surface area (Å²) in [4.78, 5) is 159. The van der Waals surface area contributed by atoms with E-state index in [-0.39, 0.29) is 11.8 Å². The smallest absolute Gasteiger partial charge is 0.305 e. The van der Waals surface area contributed by atoms with Crippen LogP contribution >= 0.6 is 0 Å². The number of hydrogen-bond acceptors (Lipinski definition) is 14. The second-order valence-corrected chi connectivity index (χ2v) is 13.3. The van der Waals surface area contributed by atoms with Gasteiger partial charge in [-0.3, -0.25) is 62.9 Å². The maximum Gasteiger partial charge on any atom is 0.305 e. The van der Waals surface area contributed by atoms with Gasteiger partial charge in [0.25, 0.3) is 5.69 Å². The van der Waals surface area contributed by atoms with Crippen LogP contribution in [-0.2, 0) is 64.0 Å². The second kappa shape index (κ2) is 26.3. The summed E-state index contributed by atoms with van der Waals surface area (Å²) >= 11 is 0. The first-order valence-corrected chi connectivity index (χ1v) is 18.3. The fourth-order valence-electron chi connectivity index (χ4n) is 5.39. The van der Waals surface area contributed by atoms with Crippen LogP contribution in [0.15, 0.2) is 24.3 Å². The van der Waals surface area contributed by atoms with Crippen molar-refractivity contribution >= 4 is 77.1 Å². The van der Waals surface area contributed by atoms with Crippen molar-refractivity contribution in [1.29, 1.82) is 0 Å². The van der Waals surface area contributed by atoms with Gasteiger partial charge in [-0.1, -0.05) is 12.1 Å². The Bertz CT molecular complexity index is 1930. The number of carbonyl (C=O) groups is 12. The monoisotopic (exact) mass is 876 g/mol. The SMILES string of the molecule is C#CC[C@@H](C=O)C(=O)[C@H](CCC(=O)O)NC(=O)[C@@H](CCC(=O)O)NC(=O)[C@H](Cc1ccc([N+](=O)[O-])cc1)NC(=O)[C@H](CCC(=O)O)NC(=O)[C@H](CC(=O)O)NC(=O)CCC(=O)O. The number of rotatable bonds is 30. The van der Waals surface area contributed by atoms with Gasteiger partial charge in [-0.15, -0.1) is 12.3 Å². The predicted octanol–water partition coefficient (Wildman–Crippen LogP) is -2.10. The van der Waals surface area contributed by atoms with Crippen LogP contribution < -0.4 is 26.6 Å². The van der Waals surface area contributed by atoms with E-state index in [9.17, 15) is 88.1 Å². The quantitative estimate of drug-likeness (QED) is 0.0130. The molecule has 0 spiro atoms. The van der Waals surface area contributed by atoms with Crippen LogP contribution in [0.1, 0.15) is 69.8 Å². The average Bonchev–Trinajstić information content (AvgIpc) is 3.19. The molecule has 62 heavy (non-hydrogen) atoms. The molecular formula is C37H44N6O19. The third-order valence-corrected chi connectivity index (χ3v) is 8.55. The summed E-state index contributed by atoms with van der Waals surface area (Å²) in [6.45, 7) is 0. The highest BCUT2D eigenvalue weighted by molar-refractivity contribution is 6.01. The number of carboxylic acid groups (broad SMARTS) is 5. The van der Waals surface area contributed by atoms with Gasteiger partial charge < -0.3 is 56.9 Å². The molecule has 0 heterocycles. The van der Waals surface area contributed by atoms with Gasteiger partial charge in [0.05, 0.1) is 29.7 Å². The minimum atomic E-state index is -1.93. The first kappa shape index (κ1) is 52.2. The highest BCUT2D eigenvalue weighted by Crippen LogP contribution is 2.15. The number of amides is 5. The molecule has 1 aromatic rings. The van der Waals surface area contributed by atoms with Gasteiger partial charge in [0, 0.05) is 50.7 Å². The molecule has 0 aliphatic heterocycles. The molecule has 0 aromatic heterocycles. The Kier molecular flexibility index (Phi) is 22.2. The van der Waals surface area contributed by atoms with E-state index in [4.69, 9.17) is 11.5 Å². The lowest BCUT2D eigenvalue weighted by Gasteiger charge is -2.27. The van der Waals surface area contributed by atoms with Crippen molar-refractivity contribution in [3.05, 3.63) is 39.9 Å². The maximum atomic E-state index is 14.0. The molecular weight excluding hydrogens is 832 g/mol. The number of nitro groups is 1. The molecule has 0 bridgehead atoms. The van der Waals surface area contributed by atoms with Crippen molar-refractivity contribution in [3.63, 3.8) is 0 Å². The van der Waals surface area contributed by atoms with Gasteiger partial charge >= 0.3 is 29.8 Å². The Morgan fingerprint density at radius 2 is 1.02 bits per heavy atom. The number of Topliss-reactive ketones (excluding diaryl/α,β-unsaturated/α-hetero) is 1. The lowest BCUT2D eigenvalue weighted by atomic mass is 9.93. The molecule has 25 nitrogen and oxygen atoms in total. The molecule has 1 aromatic carbocycles. The third kappa shape index (κ3) is 19.8. The Labute approximate surface area is 350 Å². The molecule has 6 atom stereocenters. The first-order valence-electron chi connectivity index (χ1n) is 18.3. The van der Waals surface area contributed by atoms with E-state index in [0.29, 0.717) is 0 Å². The molecule has 25 heteroatoms. The van der Waals surface area contributed by atoms with Crippen LogP contribution in [0.4, 0.5) is 5.69 Å². The number of nitro benzene ring substituents is 1. The number of nitrogens with zero attached hydrogens (tertiary/aromatic N) is 1. The van der Waals surface area contributed by atoms with Crippen LogP contribution in [0, 0.1) is 28.4 Å². The van der Waals surface area contributed by atoms with Crippen LogP contribution in [-0.4, -0.2) is 132 Å². The fourth-order valence-corrected chi connectivity index (χ4v) is 5.39. The molecule has 1 rings (SSSR count). The average molecular weight is 877 g/mol. The van der Waals surface area contributed by atoms with Gasteiger partial charge in [0.15, 0.2) is 5.78 Å². The first-order chi connectivity index (χ1) is 29.1. The summed E-state index contributed by atoms with van der Waals surface area (Å²) in [6, 6.07) is -4.83. The molecule has 336 valence electrons. The van der Waals surface area contributed by atoms with Crippen molar-refractivity contribution in [3.8, 4) is 12.3 Å². The number of carboxylic acids is 5. The van der Waals surface area contributed by atoms with Gasteiger partial charge in [-0.25, -0.2) is 0 Å². The van der Waals surface area contributed by atoms with Crippen LogP contribution in [0.3, 0.4) is 0 Å². The number of terminal acetylenes is 1. The van der Waals surface area contributed by atoms with E-state index >= 15 is 0 Å². The Morgan fingerprint density at radius 1 is 0.597 bits per heavy atom. The predicted molar refractivity (Wildman–Crippen MR) is 204 cm³/mol. The van der Waals surface area contributed by atoms with E-state index in [1.807, 2.05) is 5.32 Å². The second-order valence-electron chi connectivity index (χ2n) is 13.3. The zero-order valence-electron chi connectivity index (χ0n) is 32.6. The standard InChI is InChI=1S/C37H44N6O19/c1-2-3-20(18-44)33(56)22(8-12-28(46)47)39-34(57)23(9-13-29(48)49)40-36(59)25(16-19-4-6-21(7-5-19)43(61)62)42-35(58)24(10-14-30(50)51)41-37(60)26(17-32(54)55)38-27(45)11-15-31(52)53/h1,4-7,18,20,22-26H,3,8-17H2,(H,38,45)(H,39,57)(H,40,59)(H,41,60)(H,42,58)(H,46,47)(H,48,49)(H,50,51)(H,52,53)(H,54,55)/t20-,22-,23+,24-,25-,26-/m0/s1. The molecule has 0 fully saturated rings. The van der Waals surface area contributed by atoms with Crippen molar-refractivity contribution < 1.29 is 88.0 Å². The summed E-state index contributed by atoms with van der Waals surface area (Å²) in [5.41, 5.74) is -0.273. The minimum absolute atomic E-state index is 0.118. The summed E-state index contributed by atoms with van der Waals surface area (Å²) in [5, 5.41) is 68.0. The van der Waals surface area contributed by atoms with Crippen LogP contribution in [0.25, 0.3) is 0 Å². The van der Waals surface area contributed by atoms with Gasteiger partial charge in [0.2, 0.25) is 29.5 Å². The topological polar surface area (TPSA) is 409 Å². The Hall–Kier alpha value is -7.78. The third-order valence-electron chi connectivity index (χ3n) is 8.55. The fraction of sp³-hybridized carbons (Fsp3) is 0.459. The van der Waals surface area contributed by atoms with Crippen molar-refractivity contribution in [2.24, 2.45) is 5.92 Å². The van der Waals surface area contributed by atoms with Crippen LogP contribution in [0.5, 0.6) is 0 Å². The molecule has 0 unspecified atom stereocenters. The summed E-state index contributed by atoms with van der Waals surface area (Å²) in [5.74, 6) is -14.1. The van der Waals surface area contributed by atoms with E-state index < -0.39 is 183 Å². The van der Waals surface area contributed by atoms with Crippen molar-refractivity contribution in [2.75, 3.05) is 0 Å². The number of non-ortho nitro benzene ring substituents is 1. The van der Waals surface area contributed by atoms with E-state index in [0.717, 1.165) is 12.1 Å². The maximum absolute atomic E-state index is 14.0. The lowest BCUT2D eigenvalue weighted by molar-refractivity contribution is -0.384. The van der Waals surface area contributed by atoms with Crippen molar-refractivity contribution in [2.45, 2.75) is 101 Å². The van der Waals surface area contributed by atoms with E-state index in [1.54, 1.807) is 0 Å². The van der Waals surface area contributed by atoms with Crippen LogP contribution in [0.2, 0.25) is 0 Å². The number of nitrogens with one attached hydrogen (secondary N) is 5. The zero-order chi connectivity index (χ0) is 47.1. The molecule has 0 saturated heterocycles. The zero-order valence-corrected chi connectivity index (χ0v) is 32.6. The summed E-state index contributed by atoms with van der Waals surface area (Å²) < 4.78 is 0. The molecule has 0 aliphatic carbocycles. The summed E-state index contributed by atoms with van der Waals surface area (Å²) in [7, 11) is 0. The summed E-state index contributed by atoms with van der Waals surface area (Å²) in [6.07, 6.45) is -2.39. The molecule has 0 saturated carbocycles. The lowest BCUT2D eigenvalue weighted by Crippen LogP contribution is -2.59. The molecule has 10 N–H and O–H groups in total. The minimum Gasteiger partial charge on any atom is -0.481 e. The Morgan fingerprint density at radius 3 is 1.44 bits per heavy atom. The number of aldehydes is 1. The molecule has 0 radical (unpaired) electrons. The molecule has 5 amide bonds. The normalized spacial score (nSPS) is 13.4. The molecule has 0 aliphatic rings. The highest BCUT2D eigenvalue weighted by Gasteiger charge is 2.35. The van der Waals surface area contributed by atoms with E-state index in [2.05, 4.69) is 27.2 Å². The largest absolute Gasteiger partial charge is 0.481 e. The number of ketones is 1. The van der Waals surface area contributed by atoms with Crippen molar-refractivity contribution in [1.82, 2.24) is 26.6 Å². The van der Waals surface area contributed by atoms with Gasteiger partial charge in [0.1, 0.15) is 30.5 Å². The number of benzene rings is 1. The Balaban J connectivity index is 3.65. The highest BCUT2D eigenvalue weighted by atomic mass is 16.6. The number of aliphatic carboxylic acids is 5. The number of carbonyl (C=O) groups excluding carboxylic acids is 7. The number of hydrogen-bond donors (Lipinski definition) is 10. The van der Waals surface area contributed by atoms with Gasteiger partial charge in [-0.2, -0.15) is 0 Å².